The van der Waals surface area contributed by atoms with Crippen LogP contribution < -0.4 is 5.32 Å². The molecular weight excluding hydrogens is 188 g/mol. The van der Waals surface area contributed by atoms with Crippen LogP contribution in [0.5, 0.6) is 0 Å². The van der Waals surface area contributed by atoms with Crippen LogP contribution in [0.25, 0.3) is 0 Å². The molecule has 0 bridgehead atoms. The molecule has 0 spiro atoms. The molecule has 0 aliphatic carbocycles. The number of likely N-dealkylation sites (N-methyl/N-ethyl adjacent to an activating group) is 1. The zero-order valence-electron chi connectivity index (χ0n) is 10.8. The van der Waals surface area contributed by atoms with Crippen molar-refractivity contribution in [3.05, 3.63) is 0 Å². The second kappa shape index (κ2) is 5.28. The van der Waals surface area contributed by atoms with Crippen LogP contribution in [0.2, 0.25) is 0 Å². The van der Waals surface area contributed by atoms with E-state index in [1.807, 2.05) is 7.05 Å². The molecule has 1 N–H and O–H groups in total. The van der Waals surface area contributed by atoms with Gasteiger partial charge >= 0.3 is 0 Å². The van der Waals surface area contributed by atoms with Crippen molar-refractivity contribution in [2.24, 2.45) is 5.41 Å². The monoisotopic (exact) mass is 214 g/mol. The van der Waals surface area contributed by atoms with Gasteiger partial charge in [0.25, 0.3) is 0 Å². The van der Waals surface area contributed by atoms with Crippen LogP contribution in [-0.4, -0.2) is 50.8 Å². The molecule has 0 amide bonds. The molecule has 90 valence electrons. The zero-order valence-corrected chi connectivity index (χ0v) is 10.8. The molecule has 0 aromatic rings. The maximum atomic E-state index is 5.60. The highest BCUT2D eigenvalue weighted by molar-refractivity contribution is 4.84. The molecule has 1 aliphatic rings. The van der Waals surface area contributed by atoms with Gasteiger partial charge in [-0.1, -0.05) is 13.8 Å². The van der Waals surface area contributed by atoms with Gasteiger partial charge in [-0.15, -0.1) is 0 Å². The Balaban J connectivity index is 2.43. The summed E-state index contributed by atoms with van der Waals surface area (Å²) in [5.74, 6) is 0. The van der Waals surface area contributed by atoms with Crippen LogP contribution in [0.4, 0.5) is 0 Å². The van der Waals surface area contributed by atoms with E-state index < -0.39 is 0 Å². The van der Waals surface area contributed by atoms with Gasteiger partial charge in [-0.25, -0.2) is 0 Å². The van der Waals surface area contributed by atoms with Gasteiger partial charge in [-0.05, 0) is 32.9 Å². The highest BCUT2D eigenvalue weighted by atomic mass is 16.5. The van der Waals surface area contributed by atoms with Crippen molar-refractivity contribution in [1.29, 1.82) is 0 Å². The Morgan fingerprint density at radius 3 is 2.60 bits per heavy atom. The topological polar surface area (TPSA) is 24.5 Å². The number of nitrogens with zero attached hydrogens (tertiary/aromatic N) is 1. The van der Waals surface area contributed by atoms with E-state index in [-0.39, 0.29) is 0 Å². The molecule has 2 atom stereocenters. The van der Waals surface area contributed by atoms with E-state index in [0.717, 1.165) is 19.7 Å². The quantitative estimate of drug-likeness (QED) is 0.747. The maximum Gasteiger partial charge on any atom is 0.0702 e. The fraction of sp³-hybridized carbons (Fsp3) is 1.00. The minimum absolute atomic E-state index is 0.325. The van der Waals surface area contributed by atoms with Crippen LogP contribution in [0.3, 0.4) is 0 Å². The van der Waals surface area contributed by atoms with Crippen molar-refractivity contribution in [1.82, 2.24) is 10.2 Å². The highest BCUT2D eigenvalue weighted by Crippen LogP contribution is 2.22. The zero-order chi connectivity index (χ0) is 11.5. The second-order valence-electron chi connectivity index (χ2n) is 5.54. The lowest BCUT2D eigenvalue weighted by atomic mass is 9.92. The first-order chi connectivity index (χ1) is 6.96. The summed E-state index contributed by atoms with van der Waals surface area (Å²) in [5, 5.41) is 3.26. The summed E-state index contributed by atoms with van der Waals surface area (Å²) in [6.45, 7) is 9.88. The van der Waals surface area contributed by atoms with E-state index in [2.05, 4.69) is 38.0 Å². The molecule has 1 rings (SSSR count). The van der Waals surface area contributed by atoms with Crippen molar-refractivity contribution in [3.8, 4) is 0 Å². The minimum Gasteiger partial charge on any atom is -0.377 e. The van der Waals surface area contributed by atoms with E-state index in [0.29, 0.717) is 17.6 Å². The third kappa shape index (κ3) is 3.74. The van der Waals surface area contributed by atoms with Gasteiger partial charge in [0.05, 0.1) is 6.10 Å². The third-order valence-electron chi connectivity index (χ3n) is 3.24. The smallest absolute Gasteiger partial charge is 0.0702 e. The largest absolute Gasteiger partial charge is 0.377 e. The lowest BCUT2D eigenvalue weighted by Crippen LogP contribution is -2.44. The van der Waals surface area contributed by atoms with Gasteiger partial charge in [-0.3, -0.25) is 0 Å². The summed E-state index contributed by atoms with van der Waals surface area (Å²) in [5.41, 5.74) is 0.325. The van der Waals surface area contributed by atoms with Crippen molar-refractivity contribution < 1.29 is 4.74 Å². The fourth-order valence-corrected chi connectivity index (χ4v) is 2.63. The average molecular weight is 214 g/mol. The van der Waals surface area contributed by atoms with Crippen LogP contribution in [0, 0.1) is 5.41 Å². The number of rotatable bonds is 5. The normalized spacial score (nSPS) is 27.6. The summed E-state index contributed by atoms with van der Waals surface area (Å²) in [6, 6.07) is 0.598. The van der Waals surface area contributed by atoms with Crippen LogP contribution in [0.15, 0.2) is 0 Å². The number of hydrogen-bond donors (Lipinski definition) is 1. The van der Waals surface area contributed by atoms with Crippen LogP contribution in [-0.2, 0) is 4.74 Å². The summed E-state index contributed by atoms with van der Waals surface area (Å²) in [6.07, 6.45) is 1.56. The van der Waals surface area contributed by atoms with Gasteiger partial charge < -0.3 is 15.0 Å². The Labute approximate surface area is 94.2 Å². The Hall–Kier alpha value is -0.120. The van der Waals surface area contributed by atoms with Crippen LogP contribution in [0.1, 0.15) is 27.2 Å². The highest BCUT2D eigenvalue weighted by Gasteiger charge is 2.30. The lowest BCUT2D eigenvalue weighted by molar-refractivity contribution is 0.0695. The van der Waals surface area contributed by atoms with E-state index in [1.165, 1.54) is 6.42 Å². The molecule has 0 saturated carbocycles. The van der Waals surface area contributed by atoms with Gasteiger partial charge in [0.1, 0.15) is 0 Å². The predicted molar refractivity (Wildman–Crippen MR) is 64.2 cm³/mol. The maximum absolute atomic E-state index is 5.60. The first-order valence-corrected chi connectivity index (χ1v) is 5.93. The molecule has 1 heterocycles. The Morgan fingerprint density at radius 2 is 2.13 bits per heavy atom. The molecule has 15 heavy (non-hydrogen) atoms. The molecule has 3 heteroatoms. The standard InChI is InChI=1S/C12H26N2O/c1-10-11(6-7-15-10)14(5)9-12(2,3)8-13-4/h10-11,13H,6-9H2,1-5H3. The molecule has 0 radical (unpaired) electrons. The summed E-state index contributed by atoms with van der Waals surface area (Å²) < 4.78 is 5.60. The number of hydrogen-bond acceptors (Lipinski definition) is 3. The molecule has 0 aromatic carbocycles. The van der Waals surface area contributed by atoms with E-state index in [1.54, 1.807) is 0 Å². The first-order valence-electron chi connectivity index (χ1n) is 5.93. The number of ether oxygens (including phenoxy) is 1. The molecule has 1 fully saturated rings. The molecule has 2 unspecified atom stereocenters. The molecule has 3 nitrogen and oxygen atoms in total. The molecule has 1 aliphatic heterocycles. The average Bonchev–Trinajstić information content (AvgIpc) is 2.50. The first kappa shape index (κ1) is 12.9. The summed E-state index contributed by atoms with van der Waals surface area (Å²) in [7, 11) is 4.23. The predicted octanol–water partition coefficient (Wildman–Crippen LogP) is 1.34. The van der Waals surface area contributed by atoms with Crippen molar-refractivity contribution in [3.63, 3.8) is 0 Å². The Bertz CT molecular complexity index is 194. The van der Waals surface area contributed by atoms with Gasteiger partial charge in [0, 0.05) is 25.7 Å². The van der Waals surface area contributed by atoms with E-state index >= 15 is 0 Å². The molecule has 1 saturated heterocycles. The molecule has 0 aromatic heterocycles. The summed E-state index contributed by atoms with van der Waals surface area (Å²) >= 11 is 0. The summed E-state index contributed by atoms with van der Waals surface area (Å²) in [4.78, 5) is 2.45. The molecular formula is C12H26N2O. The second-order valence-corrected chi connectivity index (χ2v) is 5.54. The Kier molecular flexibility index (Phi) is 4.56. The van der Waals surface area contributed by atoms with Gasteiger partial charge in [0.2, 0.25) is 0 Å². The van der Waals surface area contributed by atoms with Gasteiger partial charge in [-0.2, -0.15) is 0 Å². The van der Waals surface area contributed by atoms with Gasteiger partial charge in [0.15, 0.2) is 0 Å². The fourth-order valence-electron chi connectivity index (χ4n) is 2.63. The SMILES string of the molecule is CNCC(C)(C)CN(C)C1CCOC1C. The van der Waals surface area contributed by atoms with E-state index in [4.69, 9.17) is 4.74 Å². The van der Waals surface area contributed by atoms with E-state index in [9.17, 15) is 0 Å². The minimum atomic E-state index is 0.325. The van der Waals surface area contributed by atoms with Crippen LogP contribution >= 0.6 is 0 Å². The third-order valence-corrected chi connectivity index (χ3v) is 3.24. The lowest BCUT2D eigenvalue weighted by Gasteiger charge is -2.34. The van der Waals surface area contributed by atoms with Crippen molar-refractivity contribution in [2.75, 3.05) is 33.8 Å². The Morgan fingerprint density at radius 1 is 1.47 bits per heavy atom. The number of nitrogens with one attached hydrogen (secondary N) is 1. The van der Waals surface area contributed by atoms with Crippen molar-refractivity contribution in [2.45, 2.75) is 39.3 Å². The van der Waals surface area contributed by atoms with Crippen molar-refractivity contribution >= 4 is 0 Å².